The van der Waals surface area contributed by atoms with Gasteiger partial charge in [-0.15, -0.1) is 0 Å². The number of fused-ring (bicyclic) bond motifs is 1. The van der Waals surface area contributed by atoms with E-state index < -0.39 is 0 Å². The number of methoxy groups -OCH3 is 1. The number of aromatic nitrogens is 1. The minimum absolute atomic E-state index is 0.0128. The highest BCUT2D eigenvalue weighted by atomic mass is 16.5. The average molecular weight is 527 g/mol. The Labute approximate surface area is 230 Å². The van der Waals surface area contributed by atoms with Crippen molar-refractivity contribution in [3.63, 3.8) is 0 Å². The Hall–Kier alpha value is -4.10. The van der Waals surface area contributed by atoms with Gasteiger partial charge in [0.1, 0.15) is 6.54 Å². The van der Waals surface area contributed by atoms with Crippen LogP contribution in [-0.2, 0) is 22.5 Å². The molecule has 0 atom stereocenters. The van der Waals surface area contributed by atoms with Crippen molar-refractivity contribution in [2.75, 3.05) is 38.7 Å². The van der Waals surface area contributed by atoms with E-state index in [0.717, 1.165) is 16.6 Å². The lowest BCUT2D eigenvalue weighted by atomic mass is 10.1. The Bertz CT molecular complexity index is 1380. The van der Waals surface area contributed by atoms with E-state index in [1.54, 1.807) is 12.0 Å². The fourth-order valence-corrected chi connectivity index (χ4v) is 4.64. The highest BCUT2D eigenvalue weighted by Gasteiger charge is 2.22. The monoisotopic (exact) mass is 526 g/mol. The van der Waals surface area contributed by atoms with Crippen LogP contribution in [0.25, 0.3) is 10.9 Å². The maximum atomic E-state index is 13.8. The van der Waals surface area contributed by atoms with Gasteiger partial charge in [0.2, 0.25) is 5.91 Å². The predicted octanol–water partition coefficient (Wildman–Crippen LogP) is 5.93. The van der Waals surface area contributed by atoms with E-state index in [9.17, 15) is 9.59 Å². The smallest absolute Gasteiger partial charge is 0.322 e. The van der Waals surface area contributed by atoms with Crippen molar-refractivity contribution in [3.05, 3.63) is 101 Å². The molecule has 7 heteroatoms. The summed E-state index contributed by atoms with van der Waals surface area (Å²) in [6.07, 6.45) is 3.37. The SMILES string of the molecule is COCCCN(CC(=O)N(CCc1c[nH]c2ccccc12)Cc1ccc(C)cc1)C(=O)Nc1cccc(C)c1. The van der Waals surface area contributed by atoms with Crippen LogP contribution >= 0.6 is 0 Å². The Morgan fingerprint density at radius 3 is 2.46 bits per heavy atom. The Morgan fingerprint density at radius 2 is 1.69 bits per heavy atom. The summed E-state index contributed by atoms with van der Waals surface area (Å²) in [4.78, 5) is 33.8. The van der Waals surface area contributed by atoms with Crippen LogP contribution in [0.15, 0.2) is 79.0 Å². The number of para-hydroxylation sites is 1. The van der Waals surface area contributed by atoms with Gasteiger partial charge in [0.05, 0.1) is 0 Å². The number of carbonyl (C=O) groups excluding carboxylic acids is 2. The van der Waals surface area contributed by atoms with Crippen LogP contribution in [0.2, 0.25) is 0 Å². The van der Waals surface area contributed by atoms with Gasteiger partial charge in [-0.2, -0.15) is 0 Å². The minimum atomic E-state index is -0.294. The number of ether oxygens (including phenoxy) is 1. The van der Waals surface area contributed by atoms with Gasteiger partial charge in [-0.1, -0.05) is 60.2 Å². The van der Waals surface area contributed by atoms with Crippen molar-refractivity contribution >= 4 is 28.5 Å². The van der Waals surface area contributed by atoms with Gasteiger partial charge in [0.15, 0.2) is 0 Å². The fraction of sp³-hybridized carbons (Fsp3) is 0.312. The molecule has 0 aliphatic carbocycles. The number of hydrogen-bond acceptors (Lipinski definition) is 3. The second kappa shape index (κ2) is 13.6. The molecule has 39 heavy (non-hydrogen) atoms. The zero-order valence-corrected chi connectivity index (χ0v) is 23.1. The Kier molecular flexibility index (Phi) is 9.75. The number of rotatable bonds is 12. The average Bonchev–Trinajstić information content (AvgIpc) is 3.34. The summed E-state index contributed by atoms with van der Waals surface area (Å²) >= 11 is 0. The van der Waals surface area contributed by atoms with Crippen molar-refractivity contribution in [2.45, 2.75) is 33.2 Å². The first-order chi connectivity index (χ1) is 18.9. The molecule has 0 saturated heterocycles. The number of amides is 3. The molecule has 2 N–H and O–H groups in total. The van der Waals surface area contributed by atoms with Crippen molar-refractivity contribution in [1.29, 1.82) is 0 Å². The molecule has 3 amide bonds. The van der Waals surface area contributed by atoms with Gasteiger partial charge in [-0.25, -0.2) is 4.79 Å². The van der Waals surface area contributed by atoms with Gasteiger partial charge in [-0.3, -0.25) is 4.79 Å². The normalized spacial score (nSPS) is 10.9. The lowest BCUT2D eigenvalue weighted by molar-refractivity contribution is -0.132. The van der Waals surface area contributed by atoms with Crippen LogP contribution in [-0.4, -0.2) is 60.1 Å². The molecule has 0 bridgehead atoms. The first kappa shape index (κ1) is 27.9. The quantitative estimate of drug-likeness (QED) is 0.225. The van der Waals surface area contributed by atoms with Crippen molar-refractivity contribution in [2.24, 2.45) is 0 Å². The number of carbonyl (C=O) groups is 2. The second-order valence-corrected chi connectivity index (χ2v) is 9.98. The van der Waals surface area contributed by atoms with E-state index in [-0.39, 0.29) is 18.5 Å². The molecule has 0 radical (unpaired) electrons. The molecule has 1 heterocycles. The summed E-state index contributed by atoms with van der Waals surface area (Å²) in [5.41, 5.74) is 6.24. The molecular weight excluding hydrogens is 488 g/mol. The Balaban J connectivity index is 1.51. The number of nitrogens with zero attached hydrogens (tertiary/aromatic N) is 2. The molecule has 1 aromatic heterocycles. The molecule has 4 aromatic rings. The number of aromatic amines is 1. The zero-order valence-electron chi connectivity index (χ0n) is 23.1. The van der Waals surface area contributed by atoms with Crippen LogP contribution in [0.5, 0.6) is 0 Å². The summed E-state index contributed by atoms with van der Waals surface area (Å²) in [6.45, 7) is 5.96. The van der Waals surface area contributed by atoms with Gasteiger partial charge >= 0.3 is 6.03 Å². The molecule has 0 spiro atoms. The second-order valence-electron chi connectivity index (χ2n) is 9.98. The molecule has 0 aliphatic heterocycles. The third-order valence-electron chi connectivity index (χ3n) is 6.83. The molecular formula is C32H38N4O3. The first-order valence-corrected chi connectivity index (χ1v) is 13.4. The van der Waals surface area contributed by atoms with Crippen LogP contribution in [0, 0.1) is 13.8 Å². The van der Waals surface area contributed by atoms with Crippen LogP contribution in [0.1, 0.15) is 28.7 Å². The van der Waals surface area contributed by atoms with Crippen molar-refractivity contribution < 1.29 is 14.3 Å². The van der Waals surface area contributed by atoms with E-state index in [0.29, 0.717) is 44.8 Å². The molecule has 7 nitrogen and oxygen atoms in total. The predicted molar refractivity (Wildman–Crippen MR) is 157 cm³/mol. The molecule has 0 fully saturated rings. The van der Waals surface area contributed by atoms with E-state index in [2.05, 4.69) is 53.6 Å². The number of anilines is 1. The standard InChI is InChI=1S/C32H38N4O3/c1-24-12-14-26(15-13-24)22-35(18-16-27-21-33-30-11-5-4-10-29(27)30)31(37)23-36(17-7-19-39-3)32(38)34-28-9-6-8-25(2)20-28/h4-6,8-15,20-21,33H,7,16-19,22-23H2,1-3H3,(H,34,38). The number of H-pyrrole nitrogens is 1. The van der Waals surface area contributed by atoms with E-state index in [1.807, 2.05) is 54.4 Å². The topological polar surface area (TPSA) is 77.7 Å². The number of hydrogen-bond donors (Lipinski definition) is 2. The van der Waals surface area contributed by atoms with E-state index in [4.69, 9.17) is 4.74 Å². The number of aryl methyl sites for hydroxylation is 2. The van der Waals surface area contributed by atoms with E-state index in [1.165, 1.54) is 16.5 Å². The van der Waals surface area contributed by atoms with Gasteiger partial charge < -0.3 is 24.8 Å². The van der Waals surface area contributed by atoms with Crippen molar-refractivity contribution in [1.82, 2.24) is 14.8 Å². The third-order valence-corrected chi connectivity index (χ3v) is 6.83. The molecule has 204 valence electrons. The van der Waals surface area contributed by atoms with Crippen molar-refractivity contribution in [3.8, 4) is 0 Å². The maximum Gasteiger partial charge on any atom is 0.322 e. The molecule has 3 aromatic carbocycles. The highest BCUT2D eigenvalue weighted by Crippen LogP contribution is 2.19. The lowest BCUT2D eigenvalue weighted by Gasteiger charge is -2.28. The van der Waals surface area contributed by atoms with Crippen LogP contribution in [0.3, 0.4) is 0 Å². The maximum absolute atomic E-state index is 13.8. The molecule has 0 saturated carbocycles. The van der Waals surface area contributed by atoms with Crippen LogP contribution < -0.4 is 5.32 Å². The number of urea groups is 1. The largest absolute Gasteiger partial charge is 0.385 e. The zero-order chi connectivity index (χ0) is 27.6. The number of nitrogens with one attached hydrogen (secondary N) is 2. The minimum Gasteiger partial charge on any atom is -0.385 e. The van der Waals surface area contributed by atoms with Crippen LogP contribution in [0.4, 0.5) is 10.5 Å². The highest BCUT2D eigenvalue weighted by molar-refractivity contribution is 5.92. The number of benzene rings is 3. The molecule has 4 rings (SSSR count). The molecule has 0 aliphatic rings. The third kappa shape index (κ3) is 7.94. The fourth-order valence-electron chi connectivity index (χ4n) is 4.64. The summed E-state index contributed by atoms with van der Waals surface area (Å²) in [5, 5.41) is 4.12. The summed E-state index contributed by atoms with van der Waals surface area (Å²) in [5.74, 6) is -0.0905. The van der Waals surface area contributed by atoms with Gasteiger partial charge in [0.25, 0.3) is 0 Å². The first-order valence-electron chi connectivity index (χ1n) is 13.4. The van der Waals surface area contributed by atoms with Gasteiger partial charge in [-0.05, 0) is 61.6 Å². The Morgan fingerprint density at radius 1 is 0.897 bits per heavy atom. The summed E-state index contributed by atoms with van der Waals surface area (Å²) in [6, 6.07) is 23.8. The summed E-state index contributed by atoms with van der Waals surface area (Å²) in [7, 11) is 1.64. The van der Waals surface area contributed by atoms with E-state index >= 15 is 0 Å². The van der Waals surface area contributed by atoms with Gasteiger partial charge in [0, 0.05) is 56.1 Å². The summed E-state index contributed by atoms with van der Waals surface area (Å²) < 4.78 is 5.21. The molecule has 0 unspecified atom stereocenters. The lowest BCUT2D eigenvalue weighted by Crippen LogP contribution is -2.45.